The van der Waals surface area contributed by atoms with Crippen molar-refractivity contribution in [1.82, 2.24) is 15.1 Å². The summed E-state index contributed by atoms with van der Waals surface area (Å²) in [6.07, 6.45) is 1.26. The lowest BCUT2D eigenvalue weighted by atomic mass is 9.96. The average molecular weight is 275 g/mol. The maximum Gasteiger partial charge on any atom is 0.0490 e. The highest BCUT2D eigenvalue weighted by molar-refractivity contribution is 5.26. The van der Waals surface area contributed by atoms with Gasteiger partial charge in [0.2, 0.25) is 0 Å². The zero-order valence-corrected chi connectivity index (χ0v) is 13.4. The van der Waals surface area contributed by atoms with Crippen molar-refractivity contribution in [2.75, 3.05) is 40.3 Å². The van der Waals surface area contributed by atoms with E-state index in [-0.39, 0.29) is 0 Å². The normalized spacial score (nSPS) is 23.5. The van der Waals surface area contributed by atoms with Crippen LogP contribution in [0.2, 0.25) is 0 Å². The summed E-state index contributed by atoms with van der Waals surface area (Å²) < 4.78 is 0. The molecule has 2 unspecified atom stereocenters. The minimum absolute atomic E-state index is 0.408. The fourth-order valence-electron chi connectivity index (χ4n) is 3.23. The molecule has 3 nitrogen and oxygen atoms in total. The predicted molar refractivity (Wildman–Crippen MR) is 86.1 cm³/mol. The molecule has 0 amide bonds. The lowest BCUT2D eigenvalue weighted by Gasteiger charge is -2.35. The predicted octanol–water partition coefficient (Wildman–Crippen LogP) is 2.28. The third-order valence-corrected chi connectivity index (χ3v) is 4.33. The maximum atomic E-state index is 3.71. The third kappa shape index (κ3) is 3.81. The van der Waals surface area contributed by atoms with Gasteiger partial charge >= 0.3 is 0 Å². The second-order valence-corrected chi connectivity index (χ2v) is 6.11. The van der Waals surface area contributed by atoms with E-state index >= 15 is 0 Å². The molecule has 1 aromatic rings. The van der Waals surface area contributed by atoms with Crippen molar-refractivity contribution in [3.05, 3.63) is 35.4 Å². The van der Waals surface area contributed by atoms with E-state index in [4.69, 9.17) is 0 Å². The van der Waals surface area contributed by atoms with Gasteiger partial charge in [-0.25, -0.2) is 0 Å². The number of nitrogens with one attached hydrogen (secondary N) is 1. The number of aryl methyl sites for hydroxylation is 1. The largest absolute Gasteiger partial charge is 0.309 e. The fourth-order valence-corrected chi connectivity index (χ4v) is 3.23. The summed E-state index contributed by atoms with van der Waals surface area (Å²) in [7, 11) is 4.51. The van der Waals surface area contributed by atoms with E-state index in [1.807, 2.05) is 0 Å². The highest BCUT2D eigenvalue weighted by Gasteiger charge is 2.29. The van der Waals surface area contributed by atoms with E-state index in [0.717, 1.165) is 13.1 Å². The molecule has 0 aliphatic carbocycles. The summed E-state index contributed by atoms with van der Waals surface area (Å²) >= 11 is 0. The molecule has 0 aromatic heterocycles. The van der Waals surface area contributed by atoms with Crippen molar-refractivity contribution >= 4 is 0 Å². The van der Waals surface area contributed by atoms with Crippen molar-refractivity contribution in [2.24, 2.45) is 0 Å². The molecule has 1 aliphatic heterocycles. The molecule has 1 N–H and O–H groups in total. The Balaban J connectivity index is 2.26. The van der Waals surface area contributed by atoms with E-state index in [1.54, 1.807) is 0 Å². The number of benzene rings is 1. The van der Waals surface area contributed by atoms with Crippen molar-refractivity contribution in [2.45, 2.75) is 32.4 Å². The zero-order chi connectivity index (χ0) is 14.5. The Morgan fingerprint density at radius 2 is 2.10 bits per heavy atom. The Morgan fingerprint density at radius 3 is 2.80 bits per heavy atom. The first-order valence-electron chi connectivity index (χ1n) is 7.80. The van der Waals surface area contributed by atoms with Gasteiger partial charge in [-0.15, -0.1) is 0 Å². The van der Waals surface area contributed by atoms with Gasteiger partial charge in [-0.3, -0.25) is 0 Å². The van der Waals surface area contributed by atoms with Crippen LogP contribution >= 0.6 is 0 Å². The van der Waals surface area contributed by atoms with Gasteiger partial charge in [0, 0.05) is 18.6 Å². The molecule has 0 spiro atoms. The Morgan fingerprint density at radius 1 is 1.30 bits per heavy atom. The molecule has 1 heterocycles. The smallest absolute Gasteiger partial charge is 0.0490 e. The summed E-state index contributed by atoms with van der Waals surface area (Å²) in [6, 6.07) is 9.88. The van der Waals surface area contributed by atoms with Crippen molar-refractivity contribution in [3.63, 3.8) is 0 Å². The van der Waals surface area contributed by atoms with Crippen LogP contribution in [0.4, 0.5) is 0 Å². The van der Waals surface area contributed by atoms with Gasteiger partial charge in [-0.2, -0.15) is 0 Å². The molecule has 0 bridgehead atoms. The molecule has 1 aromatic carbocycles. The zero-order valence-electron chi connectivity index (χ0n) is 13.4. The molecule has 0 saturated carbocycles. The van der Waals surface area contributed by atoms with Crippen molar-refractivity contribution < 1.29 is 0 Å². The van der Waals surface area contributed by atoms with Crippen LogP contribution < -0.4 is 5.32 Å². The third-order valence-electron chi connectivity index (χ3n) is 4.33. The lowest BCUT2D eigenvalue weighted by Crippen LogP contribution is -2.47. The van der Waals surface area contributed by atoms with Crippen LogP contribution in [0.1, 0.15) is 30.5 Å². The fraction of sp³-hybridized carbons (Fsp3) is 0.647. The lowest BCUT2D eigenvalue weighted by molar-refractivity contribution is 0.179. The van der Waals surface area contributed by atoms with Gasteiger partial charge in [0.25, 0.3) is 0 Å². The summed E-state index contributed by atoms with van der Waals surface area (Å²) in [6.45, 7) is 8.89. The van der Waals surface area contributed by atoms with Crippen LogP contribution in [0, 0.1) is 6.92 Å². The van der Waals surface area contributed by atoms with Crippen LogP contribution in [-0.2, 0) is 0 Å². The number of rotatable bonds is 4. The van der Waals surface area contributed by atoms with E-state index in [2.05, 4.69) is 67.3 Å². The Kier molecular flexibility index (Phi) is 5.58. The number of nitrogens with zero attached hydrogens (tertiary/aromatic N) is 2. The van der Waals surface area contributed by atoms with Gasteiger partial charge in [0.05, 0.1) is 0 Å². The average Bonchev–Trinajstić information content (AvgIpc) is 2.58. The topological polar surface area (TPSA) is 18.5 Å². The molecule has 1 saturated heterocycles. The molecule has 1 fully saturated rings. The highest BCUT2D eigenvalue weighted by atomic mass is 15.2. The first-order valence-corrected chi connectivity index (χ1v) is 7.80. The first kappa shape index (κ1) is 15.5. The van der Waals surface area contributed by atoms with Crippen LogP contribution in [0.3, 0.4) is 0 Å². The van der Waals surface area contributed by atoms with Crippen LogP contribution in [-0.4, -0.2) is 56.1 Å². The van der Waals surface area contributed by atoms with Crippen LogP contribution in [0.25, 0.3) is 0 Å². The summed E-state index contributed by atoms with van der Waals surface area (Å²) in [5.74, 6) is 0. The molecule has 0 radical (unpaired) electrons. The van der Waals surface area contributed by atoms with E-state index in [1.165, 1.54) is 30.6 Å². The Bertz CT molecular complexity index is 418. The summed E-state index contributed by atoms with van der Waals surface area (Å²) in [5.41, 5.74) is 2.76. The van der Waals surface area contributed by atoms with Gasteiger partial charge in [0.1, 0.15) is 0 Å². The minimum Gasteiger partial charge on any atom is -0.309 e. The first-order chi connectivity index (χ1) is 9.61. The number of hydrogen-bond donors (Lipinski definition) is 1. The highest BCUT2D eigenvalue weighted by Crippen LogP contribution is 2.24. The van der Waals surface area contributed by atoms with Gasteiger partial charge < -0.3 is 15.1 Å². The van der Waals surface area contributed by atoms with E-state index in [0.29, 0.717) is 12.1 Å². The van der Waals surface area contributed by atoms with Gasteiger partial charge in [0.15, 0.2) is 0 Å². The SMILES string of the molecule is CCNC(c1cccc(C)c1)C1CN(C)CCCN1C. The Hall–Kier alpha value is -0.900. The minimum atomic E-state index is 0.408. The second-order valence-electron chi connectivity index (χ2n) is 6.11. The summed E-state index contributed by atoms with van der Waals surface area (Å²) in [4.78, 5) is 4.99. The number of likely N-dealkylation sites (N-methyl/N-ethyl adjacent to an activating group) is 3. The van der Waals surface area contributed by atoms with Crippen molar-refractivity contribution in [3.8, 4) is 0 Å². The van der Waals surface area contributed by atoms with E-state index in [9.17, 15) is 0 Å². The number of hydrogen-bond acceptors (Lipinski definition) is 3. The summed E-state index contributed by atoms with van der Waals surface area (Å²) in [5, 5.41) is 3.71. The molecule has 112 valence electrons. The van der Waals surface area contributed by atoms with Crippen LogP contribution in [0.15, 0.2) is 24.3 Å². The molecule has 20 heavy (non-hydrogen) atoms. The molecular weight excluding hydrogens is 246 g/mol. The maximum absolute atomic E-state index is 3.71. The quantitative estimate of drug-likeness (QED) is 0.909. The molecule has 2 rings (SSSR count). The molecule has 2 atom stereocenters. The van der Waals surface area contributed by atoms with E-state index < -0.39 is 0 Å². The standard InChI is InChI=1S/C17H29N3/c1-5-18-17(15-9-6-8-14(2)12-15)16-13-19(3)10-7-11-20(16)4/h6,8-9,12,16-18H,5,7,10-11,13H2,1-4H3. The molecule has 1 aliphatic rings. The van der Waals surface area contributed by atoms with Gasteiger partial charge in [-0.05, 0) is 52.6 Å². The second kappa shape index (κ2) is 7.21. The van der Waals surface area contributed by atoms with Crippen molar-refractivity contribution in [1.29, 1.82) is 0 Å². The molecular formula is C17H29N3. The molecule has 3 heteroatoms. The monoisotopic (exact) mass is 275 g/mol. The van der Waals surface area contributed by atoms with Crippen LogP contribution in [0.5, 0.6) is 0 Å². The van der Waals surface area contributed by atoms with Gasteiger partial charge in [-0.1, -0.05) is 36.8 Å². The Labute approximate surface area is 124 Å².